The van der Waals surface area contributed by atoms with Crippen molar-refractivity contribution in [3.8, 4) is 11.3 Å². The van der Waals surface area contributed by atoms with Gasteiger partial charge in [-0.1, -0.05) is 17.7 Å². The van der Waals surface area contributed by atoms with E-state index in [2.05, 4.69) is 37.1 Å². The number of aromatic nitrogens is 2. The van der Waals surface area contributed by atoms with Gasteiger partial charge in [0.05, 0.1) is 5.69 Å². The highest BCUT2D eigenvalue weighted by atomic mass is 15.2. The normalized spacial score (nSPS) is 10.5. The lowest BCUT2D eigenvalue weighted by atomic mass is 10.0. The highest BCUT2D eigenvalue weighted by Gasteiger charge is 2.04. The summed E-state index contributed by atoms with van der Waals surface area (Å²) in [5.74, 6) is 0. The van der Waals surface area contributed by atoms with Crippen molar-refractivity contribution in [3.05, 3.63) is 41.6 Å². The van der Waals surface area contributed by atoms with Gasteiger partial charge in [-0.25, -0.2) is 0 Å². The molecule has 0 unspecified atom stereocenters. The summed E-state index contributed by atoms with van der Waals surface area (Å²) in [5.41, 5.74) is 4.82. The smallest absolute Gasteiger partial charge is 0.0925 e. The Balaban J connectivity index is 2.55. The highest BCUT2D eigenvalue weighted by Crippen LogP contribution is 2.22. The maximum absolute atomic E-state index is 4.40. The predicted molar refractivity (Wildman–Crippen MR) is 58.1 cm³/mol. The van der Waals surface area contributed by atoms with E-state index in [9.17, 15) is 0 Å². The summed E-state index contributed by atoms with van der Waals surface area (Å²) in [6.07, 6.45) is 1.97. The lowest BCUT2D eigenvalue weighted by Gasteiger charge is -2.03. The molecule has 2 heteroatoms. The van der Waals surface area contributed by atoms with Gasteiger partial charge in [0, 0.05) is 18.8 Å². The van der Waals surface area contributed by atoms with E-state index in [1.807, 2.05) is 24.0 Å². The summed E-state index contributed by atoms with van der Waals surface area (Å²) in [4.78, 5) is 0. The maximum atomic E-state index is 4.40. The highest BCUT2D eigenvalue weighted by molar-refractivity contribution is 5.63. The van der Waals surface area contributed by atoms with Gasteiger partial charge in [0.1, 0.15) is 0 Å². The zero-order valence-electron chi connectivity index (χ0n) is 8.78. The molecule has 0 spiro atoms. The van der Waals surface area contributed by atoms with Crippen LogP contribution in [0.5, 0.6) is 0 Å². The molecule has 0 N–H and O–H groups in total. The molecule has 2 nitrogen and oxygen atoms in total. The van der Waals surface area contributed by atoms with Gasteiger partial charge in [0.25, 0.3) is 0 Å². The molecule has 1 aromatic carbocycles. The molecule has 0 bridgehead atoms. The minimum atomic E-state index is 1.05. The van der Waals surface area contributed by atoms with Crippen molar-refractivity contribution in [2.24, 2.45) is 7.05 Å². The number of hydrogen-bond donors (Lipinski definition) is 0. The Morgan fingerprint density at radius 3 is 2.57 bits per heavy atom. The second-order valence-corrected chi connectivity index (χ2v) is 3.69. The predicted octanol–water partition coefficient (Wildman–Crippen LogP) is 2.70. The lowest BCUT2D eigenvalue weighted by molar-refractivity contribution is 0.770. The second kappa shape index (κ2) is 3.29. The third-order valence-electron chi connectivity index (χ3n) is 2.38. The van der Waals surface area contributed by atoms with Crippen LogP contribution in [0.25, 0.3) is 11.3 Å². The van der Waals surface area contributed by atoms with E-state index in [1.165, 1.54) is 16.7 Å². The van der Waals surface area contributed by atoms with Gasteiger partial charge in [-0.3, -0.25) is 4.68 Å². The van der Waals surface area contributed by atoms with Crippen molar-refractivity contribution >= 4 is 0 Å². The van der Waals surface area contributed by atoms with Crippen LogP contribution in [0, 0.1) is 13.8 Å². The van der Waals surface area contributed by atoms with Crippen LogP contribution in [0.15, 0.2) is 30.5 Å². The average Bonchev–Trinajstić information content (AvgIpc) is 2.56. The molecule has 0 fully saturated rings. The Hall–Kier alpha value is -1.57. The van der Waals surface area contributed by atoms with E-state index >= 15 is 0 Å². The first kappa shape index (κ1) is 9.00. The van der Waals surface area contributed by atoms with Gasteiger partial charge in [0.15, 0.2) is 0 Å². The first-order chi connectivity index (χ1) is 6.66. The Bertz CT molecular complexity index is 455. The molecule has 0 aliphatic carbocycles. The van der Waals surface area contributed by atoms with Crippen LogP contribution in [0.3, 0.4) is 0 Å². The molecule has 0 amide bonds. The van der Waals surface area contributed by atoms with E-state index in [1.54, 1.807) is 0 Å². The molecule has 0 saturated carbocycles. The molecule has 1 heterocycles. The number of aryl methyl sites for hydroxylation is 3. The molecule has 1 aromatic heterocycles. The summed E-state index contributed by atoms with van der Waals surface area (Å²) < 4.78 is 1.83. The first-order valence-electron chi connectivity index (χ1n) is 4.74. The summed E-state index contributed by atoms with van der Waals surface area (Å²) >= 11 is 0. The van der Waals surface area contributed by atoms with Crippen molar-refractivity contribution in [2.75, 3.05) is 0 Å². The monoisotopic (exact) mass is 186 g/mol. The van der Waals surface area contributed by atoms with E-state index in [4.69, 9.17) is 0 Å². The number of benzene rings is 1. The molecule has 2 rings (SSSR count). The Kier molecular flexibility index (Phi) is 2.12. The van der Waals surface area contributed by atoms with Gasteiger partial charge in [0.2, 0.25) is 0 Å². The molecule has 72 valence electrons. The topological polar surface area (TPSA) is 17.8 Å². The lowest BCUT2D eigenvalue weighted by Crippen LogP contribution is -1.90. The zero-order valence-corrected chi connectivity index (χ0v) is 8.78. The number of rotatable bonds is 1. The SMILES string of the molecule is Cc1ccc(C)c(-c2ccn(C)n2)c1. The van der Waals surface area contributed by atoms with Gasteiger partial charge in [-0.05, 0) is 31.5 Å². The van der Waals surface area contributed by atoms with E-state index in [-0.39, 0.29) is 0 Å². The standard InChI is InChI=1S/C12H14N2/c1-9-4-5-10(2)11(8-9)12-6-7-14(3)13-12/h4-8H,1-3H3. The quantitative estimate of drug-likeness (QED) is 0.669. The minimum Gasteiger partial charge on any atom is -0.275 e. The van der Waals surface area contributed by atoms with Crippen LogP contribution in [-0.2, 0) is 7.05 Å². The van der Waals surface area contributed by atoms with Crippen LogP contribution < -0.4 is 0 Å². The van der Waals surface area contributed by atoms with Gasteiger partial charge in [-0.15, -0.1) is 0 Å². The Morgan fingerprint density at radius 1 is 1.14 bits per heavy atom. The summed E-state index contributed by atoms with van der Waals surface area (Å²) in [7, 11) is 1.94. The Morgan fingerprint density at radius 2 is 1.93 bits per heavy atom. The third-order valence-corrected chi connectivity index (χ3v) is 2.38. The van der Waals surface area contributed by atoms with E-state index in [0.717, 1.165) is 5.69 Å². The van der Waals surface area contributed by atoms with Crippen molar-refractivity contribution in [1.29, 1.82) is 0 Å². The molecule has 14 heavy (non-hydrogen) atoms. The summed E-state index contributed by atoms with van der Waals surface area (Å²) in [5, 5.41) is 4.40. The van der Waals surface area contributed by atoms with Crippen LogP contribution in [-0.4, -0.2) is 9.78 Å². The van der Waals surface area contributed by atoms with E-state index in [0.29, 0.717) is 0 Å². The molecular weight excluding hydrogens is 172 g/mol. The van der Waals surface area contributed by atoms with Gasteiger partial charge >= 0.3 is 0 Å². The van der Waals surface area contributed by atoms with E-state index < -0.39 is 0 Å². The average molecular weight is 186 g/mol. The fraction of sp³-hybridized carbons (Fsp3) is 0.250. The van der Waals surface area contributed by atoms with Crippen LogP contribution in [0.1, 0.15) is 11.1 Å². The molecule has 0 aliphatic heterocycles. The maximum Gasteiger partial charge on any atom is 0.0925 e. The first-order valence-corrected chi connectivity index (χ1v) is 4.74. The number of hydrogen-bond acceptors (Lipinski definition) is 1. The number of nitrogens with zero attached hydrogens (tertiary/aromatic N) is 2. The van der Waals surface area contributed by atoms with Crippen molar-refractivity contribution in [1.82, 2.24) is 9.78 Å². The molecule has 0 atom stereocenters. The Labute approximate surface area is 84.2 Å². The van der Waals surface area contributed by atoms with Crippen LogP contribution in [0.4, 0.5) is 0 Å². The summed E-state index contributed by atoms with van der Waals surface area (Å²) in [6.45, 7) is 4.22. The van der Waals surface area contributed by atoms with Gasteiger partial charge in [-0.2, -0.15) is 5.10 Å². The van der Waals surface area contributed by atoms with Crippen molar-refractivity contribution < 1.29 is 0 Å². The fourth-order valence-electron chi connectivity index (χ4n) is 1.57. The fourth-order valence-corrected chi connectivity index (χ4v) is 1.57. The molecule has 0 saturated heterocycles. The van der Waals surface area contributed by atoms with Crippen molar-refractivity contribution in [2.45, 2.75) is 13.8 Å². The largest absolute Gasteiger partial charge is 0.275 e. The van der Waals surface area contributed by atoms with Crippen LogP contribution in [0.2, 0.25) is 0 Å². The zero-order chi connectivity index (χ0) is 10.1. The second-order valence-electron chi connectivity index (χ2n) is 3.69. The molecule has 2 aromatic rings. The summed E-state index contributed by atoms with van der Waals surface area (Å²) in [6, 6.07) is 8.49. The van der Waals surface area contributed by atoms with Crippen molar-refractivity contribution in [3.63, 3.8) is 0 Å². The minimum absolute atomic E-state index is 1.05. The van der Waals surface area contributed by atoms with Gasteiger partial charge < -0.3 is 0 Å². The van der Waals surface area contributed by atoms with Crippen LogP contribution >= 0.6 is 0 Å². The molecule has 0 radical (unpaired) electrons. The molecule has 0 aliphatic rings. The molecular formula is C12H14N2. The third kappa shape index (κ3) is 1.55.